The minimum Gasteiger partial charge on any atom is -1.00 e. The standard InChI is InChI=1S/C28H33N2O2S.BrH/c31-28(29(25-11-5-2-6-12-25)21-23-9-3-1-4-10-23)32-27-22-30(18-15-24(27)16-19-30)17-7-13-26-14-8-20-33-26;/h1-6,8-12,14,20,24,27H,7,13,15-19,21-22H2;1H/q+1;/p-1/t24?,27-,30?;/m0./s1. The van der Waals surface area contributed by atoms with Gasteiger partial charge in [0, 0.05) is 35.7 Å². The molecule has 3 aliphatic rings. The van der Waals surface area contributed by atoms with E-state index in [2.05, 4.69) is 29.6 Å². The predicted octanol–water partition coefficient (Wildman–Crippen LogP) is 3.14. The van der Waals surface area contributed by atoms with Crippen LogP contribution in [0.5, 0.6) is 0 Å². The molecule has 34 heavy (non-hydrogen) atoms. The van der Waals surface area contributed by atoms with Gasteiger partial charge in [0.2, 0.25) is 0 Å². The average molecular weight is 542 g/mol. The van der Waals surface area contributed by atoms with E-state index in [4.69, 9.17) is 4.74 Å². The number of quaternary nitrogens is 1. The van der Waals surface area contributed by atoms with E-state index < -0.39 is 0 Å². The van der Waals surface area contributed by atoms with Gasteiger partial charge in [0.15, 0.2) is 6.10 Å². The third-order valence-electron chi connectivity index (χ3n) is 7.40. The van der Waals surface area contributed by atoms with Crippen molar-refractivity contribution in [2.75, 3.05) is 31.1 Å². The molecule has 0 spiro atoms. The Labute approximate surface area is 217 Å². The fourth-order valence-electron chi connectivity index (χ4n) is 5.54. The maximum atomic E-state index is 13.5. The molecule has 1 atom stereocenters. The minimum absolute atomic E-state index is 0. The molecule has 0 aliphatic carbocycles. The highest BCUT2D eigenvalue weighted by Crippen LogP contribution is 2.36. The lowest BCUT2D eigenvalue weighted by Gasteiger charge is -2.52. The number of aryl methyl sites for hydroxylation is 1. The molecule has 6 rings (SSSR count). The van der Waals surface area contributed by atoms with Crippen LogP contribution in [0.1, 0.15) is 29.7 Å². The van der Waals surface area contributed by atoms with Crippen molar-refractivity contribution in [2.45, 2.75) is 38.3 Å². The quantitative estimate of drug-likeness (QED) is 0.411. The van der Waals surface area contributed by atoms with E-state index >= 15 is 0 Å². The zero-order valence-corrected chi connectivity index (χ0v) is 21.9. The first-order valence-corrected chi connectivity index (χ1v) is 13.0. The molecule has 2 bridgehead atoms. The zero-order chi connectivity index (χ0) is 22.5. The van der Waals surface area contributed by atoms with Crippen molar-refractivity contribution in [3.05, 3.63) is 88.6 Å². The molecule has 0 radical (unpaired) electrons. The van der Waals surface area contributed by atoms with E-state index in [9.17, 15) is 4.79 Å². The SMILES string of the molecule is O=C(O[C@H]1C[N+]2(CCCc3cccs3)CCC1CC2)N(Cc1ccccc1)c1ccccc1.[Br-]. The highest BCUT2D eigenvalue weighted by Gasteiger charge is 2.47. The van der Waals surface area contributed by atoms with E-state index in [0.29, 0.717) is 12.5 Å². The number of halogens is 1. The van der Waals surface area contributed by atoms with E-state index in [1.165, 1.54) is 43.8 Å². The number of benzene rings is 2. The smallest absolute Gasteiger partial charge is 0.415 e. The number of ether oxygens (including phenoxy) is 1. The fourth-order valence-corrected chi connectivity index (χ4v) is 6.29. The minimum atomic E-state index is -0.222. The summed E-state index contributed by atoms with van der Waals surface area (Å²) < 4.78 is 7.38. The lowest BCUT2D eigenvalue weighted by Crippen LogP contribution is -3.00. The third-order valence-corrected chi connectivity index (χ3v) is 8.34. The molecule has 3 fully saturated rings. The molecule has 1 aromatic heterocycles. The van der Waals surface area contributed by atoms with Gasteiger partial charge in [-0.3, -0.25) is 4.90 Å². The molecule has 1 amide bonds. The summed E-state index contributed by atoms with van der Waals surface area (Å²) in [6, 6.07) is 24.4. The molecule has 0 saturated carbocycles. The monoisotopic (exact) mass is 540 g/mol. The van der Waals surface area contributed by atoms with E-state index in [-0.39, 0.29) is 29.2 Å². The average Bonchev–Trinajstić information content (AvgIpc) is 3.38. The van der Waals surface area contributed by atoms with Crippen LogP contribution in [0.3, 0.4) is 0 Å². The zero-order valence-electron chi connectivity index (χ0n) is 19.5. The van der Waals surface area contributed by atoms with E-state index in [0.717, 1.165) is 28.7 Å². The van der Waals surface area contributed by atoms with Crippen LogP contribution in [-0.4, -0.2) is 42.9 Å². The molecule has 0 unspecified atom stereocenters. The van der Waals surface area contributed by atoms with Crippen LogP contribution in [0.15, 0.2) is 78.2 Å². The first kappa shape index (κ1) is 25.0. The summed E-state index contributed by atoms with van der Waals surface area (Å²) in [5, 5.41) is 2.16. The molecular weight excluding hydrogens is 508 g/mol. The Morgan fingerprint density at radius 1 is 0.971 bits per heavy atom. The number of thiophene rings is 1. The third kappa shape index (κ3) is 5.91. The van der Waals surface area contributed by atoms with Crippen molar-refractivity contribution in [3.63, 3.8) is 0 Å². The van der Waals surface area contributed by atoms with Crippen molar-refractivity contribution < 1.29 is 31.0 Å². The fraction of sp³-hybridized carbons (Fsp3) is 0.393. The maximum Gasteiger partial charge on any atom is 0.415 e. The Morgan fingerprint density at radius 2 is 1.68 bits per heavy atom. The highest BCUT2D eigenvalue weighted by molar-refractivity contribution is 7.09. The summed E-state index contributed by atoms with van der Waals surface area (Å²) in [5.74, 6) is 0.501. The number of para-hydroxylation sites is 1. The molecule has 6 heteroatoms. The number of hydrogen-bond donors (Lipinski definition) is 0. The predicted molar refractivity (Wildman–Crippen MR) is 134 cm³/mol. The molecule has 4 nitrogen and oxygen atoms in total. The van der Waals surface area contributed by atoms with Crippen LogP contribution in [0.25, 0.3) is 0 Å². The normalized spacial score (nSPS) is 23.2. The Balaban J connectivity index is 0.00000274. The van der Waals surface area contributed by atoms with Crippen LogP contribution in [0.4, 0.5) is 10.5 Å². The molecule has 2 aromatic carbocycles. The lowest BCUT2D eigenvalue weighted by atomic mass is 9.83. The van der Waals surface area contributed by atoms with Gasteiger partial charge in [0.1, 0.15) is 6.54 Å². The Kier molecular flexibility index (Phi) is 8.46. The lowest BCUT2D eigenvalue weighted by molar-refractivity contribution is -0.946. The summed E-state index contributed by atoms with van der Waals surface area (Å²) >= 11 is 1.85. The van der Waals surface area contributed by atoms with Crippen molar-refractivity contribution >= 4 is 23.1 Å². The molecule has 0 N–H and O–H groups in total. The summed E-state index contributed by atoms with van der Waals surface area (Å²) in [6.45, 7) is 5.13. The maximum absolute atomic E-state index is 13.5. The van der Waals surface area contributed by atoms with Gasteiger partial charge in [-0.2, -0.15) is 0 Å². The number of amides is 1. The largest absolute Gasteiger partial charge is 1.00 e. The van der Waals surface area contributed by atoms with Crippen LogP contribution >= 0.6 is 11.3 Å². The second kappa shape index (κ2) is 11.5. The Bertz CT molecular complexity index is 1020. The van der Waals surface area contributed by atoms with Gasteiger partial charge in [-0.1, -0.05) is 54.6 Å². The number of nitrogens with zero attached hydrogens (tertiary/aromatic N) is 2. The van der Waals surface area contributed by atoms with Crippen molar-refractivity contribution in [1.82, 2.24) is 0 Å². The van der Waals surface area contributed by atoms with Crippen molar-refractivity contribution in [1.29, 1.82) is 0 Å². The van der Waals surface area contributed by atoms with Crippen LogP contribution < -0.4 is 21.9 Å². The Morgan fingerprint density at radius 3 is 2.35 bits per heavy atom. The summed E-state index contributed by atoms with van der Waals surface area (Å²) in [6.07, 6.45) is 4.49. The topological polar surface area (TPSA) is 29.5 Å². The van der Waals surface area contributed by atoms with Crippen molar-refractivity contribution in [3.8, 4) is 0 Å². The number of carbonyl (C=O) groups excluding carboxylic acids is 1. The second-order valence-corrected chi connectivity index (χ2v) is 10.6. The van der Waals surface area contributed by atoms with Crippen LogP contribution in [0, 0.1) is 5.92 Å². The van der Waals surface area contributed by atoms with Gasteiger partial charge >= 0.3 is 6.09 Å². The summed E-state index contributed by atoms with van der Waals surface area (Å²) in [5.41, 5.74) is 1.98. The number of fused-ring (bicyclic) bond motifs is 3. The number of anilines is 1. The Hall–Kier alpha value is -2.15. The van der Waals surface area contributed by atoms with Gasteiger partial charge in [0.05, 0.1) is 26.2 Å². The van der Waals surface area contributed by atoms with Gasteiger partial charge < -0.3 is 26.2 Å². The second-order valence-electron chi connectivity index (χ2n) is 9.54. The van der Waals surface area contributed by atoms with Gasteiger partial charge in [-0.15, -0.1) is 11.3 Å². The molecule has 3 aromatic rings. The first-order valence-electron chi connectivity index (χ1n) is 12.2. The first-order chi connectivity index (χ1) is 16.2. The van der Waals surface area contributed by atoms with Crippen LogP contribution in [-0.2, 0) is 17.7 Å². The molecule has 180 valence electrons. The van der Waals surface area contributed by atoms with Gasteiger partial charge in [-0.05, 0) is 35.6 Å². The number of hydrogen-bond acceptors (Lipinski definition) is 3. The molecule has 3 aliphatic heterocycles. The summed E-state index contributed by atoms with van der Waals surface area (Å²) in [4.78, 5) is 16.7. The summed E-state index contributed by atoms with van der Waals surface area (Å²) in [7, 11) is 0. The number of carbonyl (C=O) groups is 1. The van der Waals surface area contributed by atoms with E-state index in [1.807, 2.05) is 59.9 Å². The van der Waals surface area contributed by atoms with E-state index in [1.54, 1.807) is 4.90 Å². The van der Waals surface area contributed by atoms with Crippen molar-refractivity contribution in [2.24, 2.45) is 5.92 Å². The van der Waals surface area contributed by atoms with Gasteiger partial charge in [-0.25, -0.2) is 4.79 Å². The van der Waals surface area contributed by atoms with Crippen LogP contribution in [0.2, 0.25) is 0 Å². The highest BCUT2D eigenvalue weighted by atomic mass is 79.9. The van der Waals surface area contributed by atoms with Gasteiger partial charge in [0.25, 0.3) is 0 Å². The molecular formula is C28H33BrN2O2S. The molecule has 3 saturated heterocycles. The number of piperidine rings is 3. The molecule has 4 heterocycles. The number of rotatable bonds is 8.